The van der Waals surface area contributed by atoms with Gasteiger partial charge in [0, 0.05) is 17.0 Å². The number of hydrazone groups is 1. The van der Waals surface area contributed by atoms with Crippen LogP contribution in [0.4, 0.5) is 5.69 Å². The number of nitro benzene ring substituents is 1. The van der Waals surface area contributed by atoms with Crippen LogP contribution in [-0.4, -0.2) is 23.7 Å². The molecule has 1 heterocycles. The SMILES string of the molecule is Cc1ccsc1/C=N/NC(=O)COc1ccc([N+](=O)[O-])cc1. The van der Waals surface area contributed by atoms with Crippen LogP contribution in [0.2, 0.25) is 0 Å². The van der Waals surface area contributed by atoms with E-state index in [-0.39, 0.29) is 12.3 Å². The number of nitrogens with one attached hydrogen (secondary N) is 1. The second kappa shape index (κ2) is 7.32. The molecule has 1 amide bonds. The van der Waals surface area contributed by atoms with Gasteiger partial charge in [-0.25, -0.2) is 5.43 Å². The van der Waals surface area contributed by atoms with E-state index in [4.69, 9.17) is 4.74 Å². The highest BCUT2D eigenvalue weighted by molar-refractivity contribution is 7.11. The van der Waals surface area contributed by atoms with Crippen LogP contribution in [0, 0.1) is 17.0 Å². The van der Waals surface area contributed by atoms with Crippen molar-refractivity contribution in [3.63, 3.8) is 0 Å². The molecule has 22 heavy (non-hydrogen) atoms. The fourth-order valence-corrected chi connectivity index (χ4v) is 2.31. The number of hydrogen-bond acceptors (Lipinski definition) is 6. The van der Waals surface area contributed by atoms with Crippen molar-refractivity contribution >= 4 is 29.1 Å². The van der Waals surface area contributed by atoms with Crippen molar-refractivity contribution in [3.05, 3.63) is 56.3 Å². The zero-order chi connectivity index (χ0) is 15.9. The van der Waals surface area contributed by atoms with Crippen LogP contribution in [0.3, 0.4) is 0 Å². The van der Waals surface area contributed by atoms with Gasteiger partial charge in [-0.15, -0.1) is 11.3 Å². The summed E-state index contributed by atoms with van der Waals surface area (Å²) >= 11 is 1.53. The maximum Gasteiger partial charge on any atom is 0.277 e. The first-order valence-electron chi connectivity index (χ1n) is 6.29. The number of rotatable bonds is 6. The van der Waals surface area contributed by atoms with E-state index in [1.807, 2.05) is 18.4 Å². The molecule has 7 nitrogen and oxygen atoms in total. The molecule has 0 fully saturated rings. The Balaban J connectivity index is 1.79. The number of aryl methyl sites for hydroxylation is 1. The van der Waals surface area contributed by atoms with Gasteiger partial charge in [0.15, 0.2) is 6.61 Å². The highest BCUT2D eigenvalue weighted by Crippen LogP contribution is 2.17. The third-order valence-corrected chi connectivity index (χ3v) is 3.64. The topological polar surface area (TPSA) is 93.8 Å². The molecule has 0 unspecified atom stereocenters. The fraction of sp³-hybridized carbons (Fsp3) is 0.143. The monoisotopic (exact) mass is 319 g/mol. The normalized spacial score (nSPS) is 10.6. The molecule has 2 rings (SSSR count). The Morgan fingerprint density at radius 3 is 2.73 bits per heavy atom. The van der Waals surface area contributed by atoms with E-state index >= 15 is 0 Å². The van der Waals surface area contributed by atoms with Crippen molar-refractivity contribution in [1.82, 2.24) is 5.43 Å². The van der Waals surface area contributed by atoms with Crippen LogP contribution in [0.1, 0.15) is 10.4 Å². The van der Waals surface area contributed by atoms with E-state index in [1.54, 1.807) is 6.21 Å². The first-order chi connectivity index (χ1) is 10.6. The standard InChI is InChI=1S/C14H13N3O4S/c1-10-6-7-22-13(10)8-15-16-14(18)9-21-12-4-2-11(3-5-12)17(19)20/h2-8H,9H2,1H3,(H,16,18)/b15-8+. The summed E-state index contributed by atoms with van der Waals surface area (Å²) in [5.41, 5.74) is 3.41. The molecular formula is C14H13N3O4S. The summed E-state index contributed by atoms with van der Waals surface area (Å²) in [5.74, 6) is -0.0392. The summed E-state index contributed by atoms with van der Waals surface area (Å²) in [4.78, 5) is 22.5. The summed E-state index contributed by atoms with van der Waals surface area (Å²) in [6, 6.07) is 7.45. The molecule has 0 spiro atoms. The number of amides is 1. The van der Waals surface area contributed by atoms with E-state index in [0.29, 0.717) is 5.75 Å². The minimum atomic E-state index is -0.502. The average molecular weight is 319 g/mol. The minimum Gasteiger partial charge on any atom is -0.484 e. The Hall–Kier alpha value is -2.74. The van der Waals surface area contributed by atoms with E-state index in [1.165, 1.54) is 35.6 Å². The van der Waals surface area contributed by atoms with Crippen molar-refractivity contribution < 1.29 is 14.5 Å². The van der Waals surface area contributed by atoms with Crippen LogP contribution < -0.4 is 10.2 Å². The van der Waals surface area contributed by atoms with Gasteiger partial charge in [0.25, 0.3) is 11.6 Å². The molecule has 1 aromatic carbocycles. The molecular weight excluding hydrogens is 306 g/mol. The van der Waals surface area contributed by atoms with Gasteiger partial charge in [-0.2, -0.15) is 5.10 Å². The van der Waals surface area contributed by atoms with Gasteiger partial charge in [0.1, 0.15) is 5.75 Å². The maximum atomic E-state index is 11.6. The predicted octanol–water partition coefficient (Wildman–Crippen LogP) is 2.49. The highest BCUT2D eigenvalue weighted by Gasteiger charge is 2.06. The fourth-order valence-electron chi connectivity index (χ4n) is 1.52. The molecule has 0 aliphatic rings. The number of carbonyl (C=O) groups is 1. The smallest absolute Gasteiger partial charge is 0.277 e. The molecule has 0 atom stereocenters. The predicted molar refractivity (Wildman–Crippen MR) is 83.4 cm³/mol. The van der Waals surface area contributed by atoms with Gasteiger partial charge in [-0.05, 0) is 36.1 Å². The Morgan fingerprint density at radius 1 is 1.41 bits per heavy atom. The van der Waals surface area contributed by atoms with Crippen molar-refractivity contribution in [2.45, 2.75) is 6.92 Å². The van der Waals surface area contributed by atoms with Gasteiger partial charge < -0.3 is 4.74 Å². The van der Waals surface area contributed by atoms with Gasteiger partial charge in [-0.3, -0.25) is 14.9 Å². The molecule has 0 saturated carbocycles. The molecule has 1 N–H and O–H groups in total. The van der Waals surface area contributed by atoms with Crippen molar-refractivity contribution in [1.29, 1.82) is 0 Å². The summed E-state index contributed by atoms with van der Waals surface area (Å²) in [6.45, 7) is 1.73. The van der Waals surface area contributed by atoms with Crippen molar-refractivity contribution in [2.75, 3.05) is 6.61 Å². The molecule has 0 radical (unpaired) electrons. The number of thiophene rings is 1. The minimum absolute atomic E-state index is 0.0345. The molecule has 8 heteroatoms. The number of nitro groups is 1. The lowest BCUT2D eigenvalue weighted by molar-refractivity contribution is -0.384. The quantitative estimate of drug-likeness (QED) is 0.503. The zero-order valence-electron chi connectivity index (χ0n) is 11.7. The van der Waals surface area contributed by atoms with Gasteiger partial charge >= 0.3 is 0 Å². The average Bonchev–Trinajstić information content (AvgIpc) is 2.91. The molecule has 0 bridgehead atoms. The molecule has 114 valence electrons. The number of ether oxygens (including phenoxy) is 1. The summed E-state index contributed by atoms with van der Waals surface area (Å²) in [6.07, 6.45) is 1.57. The van der Waals surface area contributed by atoms with E-state index in [0.717, 1.165) is 10.4 Å². The molecule has 2 aromatic rings. The third-order valence-electron chi connectivity index (χ3n) is 2.69. The van der Waals surface area contributed by atoms with Gasteiger partial charge in [0.05, 0.1) is 11.1 Å². The number of hydrogen-bond donors (Lipinski definition) is 1. The molecule has 1 aromatic heterocycles. The molecule has 0 aliphatic heterocycles. The Morgan fingerprint density at radius 2 is 2.14 bits per heavy atom. The van der Waals surface area contributed by atoms with Gasteiger partial charge in [0.2, 0.25) is 0 Å². The zero-order valence-corrected chi connectivity index (χ0v) is 12.5. The number of nitrogens with zero attached hydrogens (tertiary/aromatic N) is 2. The second-order valence-corrected chi connectivity index (χ2v) is 5.25. The lowest BCUT2D eigenvalue weighted by atomic mass is 10.3. The Kier molecular flexibility index (Phi) is 5.21. The van der Waals surface area contributed by atoms with Crippen LogP contribution in [0.5, 0.6) is 5.75 Å². The summed E-state index contributed by atoms with van der Waals surface area (Å²) in [7, 11) is 0. The van der Waals surface area contributed by atoms with Gasteiger partial charge in [-0.1, -0.05) is 0 Å². The van der Waals surface area contributed by atoms with Crippen molar-refractivity contribution in [3.8, 4) is 5.75 Å². The summed E-state index contributed by atoms with van der Waals surface area (Å²) < 4.78 is 5.21. The molecule has 0 aliphatic carbocycles. The number of benzene rings is 1. The van der Waals surface area contributed by atoms with E-state index in [2.05, 4.69) is 10.5 Å². The summed E-state index contributed by atoms with van der Waals surface area (Å²) in [5, 5.41) is 16.3. The Bertz CT molecular complexity index is 694. The first-order valence-corrected chi connectivity index (χ1v) is 7.17. The highest BCUT2D eigenvalue weighted by atomic mass is 32.1. The van der Waals surface area contributed by atoms with E-state index in [9.17, 15) is 14.9 Å². The third kappa shape index (κ3) is 4.38. The van der Waals surface area contributed by atoms with Crippen LogP contribution in [0.15, 0.2) is 40.8 Å². The van der Waals surface area contributed by atoms with Crippen LogP contribution in [0.25, 0.3) is 0 Å². The number of non-ortho nitro benzene ring substituents is 1. The lowest BCUT2D eigenvalue weighted by Gasteiger charge is -2.04. The Labute approximate surface area is 130 Å². The maximum absolute atomic E-state index is 11.6. The van der Waals surface area contributed by atoms with Crippen molar-refractivity contribution in [2.24, 2.45) is 5.10 Å². The largest absolute Gasteiger partial charge is 0.484 e. The van der Waals surface area contributed by atoms with Crippen LogP contribution in [-0.2, 0) is 4.79 Å². The number of carbonyl (C=O) groups excluding carboxylic acids is 1. The molecule has 0 saturated heterocycles. The second-order valence-electron chi connectivity index (χ2n) is 4.30. The van der Waals surface area contributed by atoms with Crippen LogP contribution >= 0.6 is 11.3 Å². The lowest BCUT2D eigenvalue weighted by Crippen LogP contribution is -2.24. The first kappa shape index (κ1) is 15.6. The van der Waals surface area contributed by atoms with E-state index < -0.39 is 10.8 Å².